The normalized spacial score (nSPS) is 10.1. The highest BCUT2D eigenvalue weighted by atomic mass is 35.5. The number of ether oxygens (including phenoxy) is 1. The lowest BCUT2D eigenvalue weighted by Crippen LogP contribution is -2.31. The van der Waals surface area contributed by atoms with Gasteiger partial charge in [-0.1, -0.05) is 19.0 Å². The number of aromatic nitrogens is 2. The summed E-state index contributed by atoms with van der Waals surface area (Å²) in [6.07, 6.45) is 0.699. The molecule has 0 aliphatic carbocycles. The molecule has 0 aliphatic rings. The first-order valence-corrected chi connectivity index (χ1v) is 7.76. The molecule has 0 radical (unpaired) electrons. The van der Waals surface area contributed by atoms with Gasteiger partial charge in [0.1, 0.15) is 5.75 Å². The SMILES string of the molecule is CCNCCNC(=O)c1ccc(OCc2noc(CC)n2)cc1.Cl. The zero-order valence-corrected chi connectivity index (χ0v) is 14.7. The molecule has 1 aromatic heterocycles. The molecule has 132 valence electrons. The van der Waals surface area contributed by atoms with Crippen molar-refractivity contribution in [1.82, 2.24) is 20.8 Å². The lowest BCUT2D eigenvalue weighted by Gasteiger charge is -2.07. The molecule has 1 amide bonds. The Morgan fingerprint density at radius 2 is 1.96 bits per heavy atom. The fourth-order valence-electron chi connectivity index (χ4n) is 1.89. The van der Waals surface area contributed by atoms with E-state index in [-0.39, 0.29) is 24.9 Å². The Morgan fingerprint density at radius 1 is 1.21 bits per heavy atom. The summed E-state index contributed by atoms with van der Waals surface area (Å²) in [5.74, 6) is 1.65. The first-order valence-electron chi connectivity index (χ1n) is 7.76. The second-order valence-electron chi connectivity index (χ2n) is 4.88. The van der Waals surface area contributed by atoms with Crippen LogP contribution in [0.3, 0.4) is 0 Å². The van der Waals surface area contributed by atoms with Crippen LogP contribution in [-0.2, 0) is 13.0 Å². The van der Waals surface area contributed by atoms with Gasteiger partial charge in [0.2, 0.25) is 11.7 Å². The maximum atomic E-state index is 11.9. The minimum absolute atomic E-state index is 0. The highest BCUT2D eigenvalue weighted by molar-refractivity contribution is 5.94. The van der Waals surface area contributed by atoms with E-state index in [1.54, 1.807) is 24.3 Å². The summed E-state index contributed by atoms with van der Waals surface area (Å²) < 4.78 is 10.6. The quantitative estimate of drug-likeness (QED) is 0.669. The van der Waals surface area contributed by atoms with Crippen LogP contribution in [0.4, 0.5) is 0 Å². The second-order valence-corrected chi connectivity index (χ2v) is 4.88. The number of rotatable bonds is 9. The second kappa shape index (κ2) is 10.6. The van der Waals surface area contributed by atoms with E-state index in [2.05, 4.69) is 20.8 Å². The van der Waals surface area contributed by atoms with Gasteiger partial charge in [0.15, 0.2) is 6.61 Å². The van der Waals surface area contributed by atoms with E-state index in [0.29, 0.717) is 36.0 Å². The Balaban J connectivity index is 0.00000288. The summed E-state index contributed by atoms with van der Waals surface area (Å²) in [7, 11) is 0. The van der Waals surface area contributed by atoms with E-state index in [4.69, 9.17) is 9.26 Å². The van der Waals surface area contributed by atoms with Gasteiger partial charge in [0, 0.05) is 25.1 Å². The van der Waals surface area contributed by atoms with Crippen LogP contribution >= 0.6 is 12.4 Å². The molecule has 24 heavy (non-hydrogen) atoms. The molecule has 0 bridgehead atoms. The number of hydrogen-bond acceptors (Lipinski definition) is 6. The fraction of sp³-hybridized carbons (Fsp3) is 0.438. The number of amides is 1. The molecule has 7 nitrogen and oxygen atoms in total. The Kier molecular flexibility index (Phi) is 8.81. The lowest BCUT2D eigenvalue weighted by molar-refractivity contribution is 0.0954. The molecule has 0 unspecified atom stereocenters. The number of hydrogen-bond donors (Lipinski definition) is 2. The first kappa shape index (κ1) is 19.9. The standard InChI is InChI=1S/C16H22N4O3.ClH/c1-3-15-19-14(20-23-15)11-22-13-7-5-12(6-8-13)16(21)18-10-9-17-4-2;/h5-8,17H,3-4,9-11H2,1-2H3,(H,18,21);1H. The maximum Gasteiger partial charge on any atom is 0.251 e. The van der Waals surface area contributed by atoms with Crippen LogP contribution in [0.5, 0.6) is 5.75 Å². The van der Waals surface area contributed by atoms with Crippen molar-refractivity contribution in [3.8, 4) is 5.75 Å². The molecule has 0 atom stereocenters. The molecule has 8 heteroatoms. The van der Waals surface area contributed by atoms with Crippen molar-refractivity contribution in [3.63, 3.8) is 0 Å². The van der Waals surface area contributed by atoms with Crippen LogP contribution in [0.15, 0.2) is 28.8 Å². The van der Waals surface area contributed by atoms with Crippen LogP contribution in [0.2, 0.25) is 0 Å². The molecule has 1 heterocycles. The molecule has 2 aromatic rings. The number of aryl methyl sites for hydroxylation is 1. The Labute approximate surface area is 147 Å². The van der Waals surface area contributed by atoms with Gasteiger partial charge < -0.3 is 19.9 Å². The van der Waals surface area contributed by atoms with Crippen LogP contribution in [-0.4, -0.2) is 35.7 Å². The van der Waals surface area contributed by atoms with Gasteiger partial charge in [-0.25, -0.2) is 0 Å². The molecule has 2 rings (SSSR count). The van der Waals surface area contributed by atoms with Crippen molar-refractivity contribution in [2.24, 2.45) is 0 Å². The van der Waals surface area contributed by atoms with E-state index in [1.807, 2.05) is 13.8 Å². The Bertz CT molecular complexity index is 616. The molecule has 0 spiro atoms. The monoisotopic (exact) mass is 354 g/mol. The number of carbonyl (C=O) groups excluding carboxylic acids is 1. The maximum absolute atomic E-state index is 11.9. The topological polar surface area (TPSA) is 89.3 Å². The van der Waals surface area contributed by atoms with Crippen molar-refractivity contribution in [2.45, 2.75) is 26.9 Å². The van der Waals surface area contributed by atoms with Crippen LogP contribution in [0.25, 0.3) is 0 Å². The minimum atomic E-state index is -0.0970. The summed E-state index contributed by atoms with van der Waals surface area (Å²) in [5, 5.41) is 9.81. The van der Waals surface area contributed by atoms with Gasteiger partial charge in [0.25, 0.3) is 5.91 Å². The van der Waals surface area contributed by atoms with E-state index >= 15 is 0 Å². The number of carbonyl (C=O) groups is 1. The first-order chi connectivity index (χ1) is 11.2. The van der Waals surface area contributed by atoms with E-state index in [0.717, 1.165) is 13.1 Å². The van der Waals surface area contributed by atoms with Gasteiger partial charge in [-0.15, -0.1) is 12.4 Å². The molecule has 1 aromatic carbocycles. The zero-order chi connectivity index (χ0) is 16.5. The number of halogens is 1. The van der Waals surface area contributed by atoms with E-state index in [9.17, 15) is 4.79 Å². The van der Waals surface area contributed by atoms with Crippen LogP contribution in [0.1, 0.15) is 35.9 Å². The Hall–Kier alpha value is -2.12. The third kappa shape index (κ3) is 6.17. The average Bonchev–Trinajstić information content (AvgIpc) is 3.05. The molecule has 0 aliphatic heterocycles. The molecule has 0 fully saturated rings. The summed E-state index contributed by atoms with van der Waals surface area (Å²) in [5.41, 5.74) is 0.599. The third-order valence-corrected chi connectivity index (χ3v) is 3.13. The predicted molar refractivity (Wildman–Crippen MR) is 92.6 cm³/mol. The molecular formula is C16H23ClN4O3. The lowest BCUT2D eigenvalue weighted by atomic mass is 10.2. The number of nitrogens with one attached hydrogen (secondary N) is 2. The van der Waals surface area contributed by atoms with Crippen molar-refractivity contribution in [3.05, 3.63) is 41.5 Å². The largest absolute Gasteiger partial charge is 0.485 e. The zero-order valence-electron chi connectivity index (χ0n) is 13.9. The summed E-state index contributed by atoms with van der Waals surface area (Å²) in [6.45, 7) is 6.45. The van der Waals surface area contributed by atoms with Gasteiger partial charge in [-0.3, -0.25) is 4.79 Å². The van der Waals surface area contributed by atoms with Gasteiger partial charge >= 0.3 is 0 Å². The van der Waals surface area contributed by atoms with E-state index < -0.39 is 0 Å². The number of nitrogens with zero attached hydrogens (tertiary/aromatic N) is 2. The third-order valence-electron chi connectivity index (χ3n) is 3.13. The summed E-state index contributed by atoms with van der Waals surface area (Å²) >= 11 is 0. The molecular weight excluding hydrogens is 332 g/mol. The minimum Gasteiger partial charge on any atom is -0.485 e. The van der Waals surface area contributed by atoms with Crippen LogP contribution < -0.4 is 15.4 Å². The average molecular weight is 355 g/mol. The fourth-order valence-corrected chi connectivity index (χ4v) is 1.89. The van der Waals surface area contributed by atoms with Crippen LogP contribution in [0, 0.1) is 0 Å². The summed E-state index contributed by atoms with van der Waals surface area (Å²) in [4.78, 5) is 16.1. The number of benzene rings is 1. The molecule has 2 N–H and O–H groups in total. The Morgan fingerprint density at radius 3 is 2.58 bits per heavy atom. The van der Waals surface area contributed by atoms with Crippen molar-refractivity contribution < 1.29 is 14.1 Å². The van der Waals surface area contributed by atoms with E-state index in [1.165, 1.54) is 0 Å². The van der Waals surface area contributed by atoms with Gasteiger partial charge in [0.05, 0.1) is 0 Å². The van der Waals surface area contributed by atoms with Gasteiger partial charge in [-0.05, 0) is 30.8 Å². The highest BCUT2D eigenvalue weighted by Gasteiger charge is 2.07. The molecule has 0 saturated carbocycles. The smallest absolute Gasteiger partial charge is 0.251 e. The predicted octanol–water partition coefficient (Wildman–Crippen LogP) is 1.97. The molecule has 0 saturated heterocycles. The van der Waals surface area contributed by atoms with Gasteiger partial charge in [-0.2, -0.15) is 4.98 Å². The number of likely N-dealkylation sites (N-methyl/N-ethyl adjacent to an activating group) is 1. The van der Waals surface area contributed by atoms with Crippen molar-refractivity contribution in [2.75, 3.05) is 19.6 Å². The highest BCUT2D eigenvalue weighted by Crippen LogP contribution is 2.13. The van der Waals surface area contributed by atoms with Crippen molar-refractivity contribution >= 4 is 18.3 Å². The van der Waals surface area contributed by atoms with Crippen molar-refractivity contribution in [1.29, 1.82) is 0 Å². The summed E-state index contributed by atoms with van der Waals surface area (Å²) in [6, 6.07) is 6.96.